The Balaban J connectivity index is 1.73. The molecule has 0 spiro atoms. The van der Waals surface area contributed by atoms with Gasteiger partial charge in [0.15, 0.2) is 0 Å². The van der Waals surface area contributed by atoms with Crippen molar-refractivity contribution in [3.8, 4) is 0 Å². The fourth-order valence-electron chi connectivity index (χ4n) is 3.09. The van der Waals surface area contributed by atoms with Gasteiger partial charge in [-0.1, -0.05) is 26.0 Å². The number of para-hydroxylation sites is 1. The van der Waals surface area contributed by atoms with E-state index in [0.717, 1.165) is 34.2 Å². The van der Waals surface area contributed by atoms with Crippen LogP contribution in [0.25, 0.3) is 10.2 Å². The highest BCUT2D eigenvalue weighted by atomic mass is 32.2. The second-order valence-electron chi connectivity index (χ2n) is 7.00. The zero-order valence-corrected chi connectivity index (χ0v) is 19.4. The molecule has 1 N–H and O–H groups in total. The lowest BCUT2D eigenvalue weighted by atomic mass is 10.2. The number of anilines is 1. The van der Waals surface area contributed by atoms with E-state index in [1.165, 1.54) is 16.5 Å². The normalized spacial score (nSPS) is 11.4. The van der Waals surface area contributed by atoms with Crippen LogP contribution in [0.4, 0.5) is 10.1 Å². The molecule has 0 unspecified atom stereocenters. The third-order valence-electron chi connectivity index (χ3n) is 5.02. The number of fused-ring (bicyclic) bond motifs is 1. The molecule has 0 radical (unpaired) electrons. The summed E-state index contributed by atoms with van der Waals surface area (Å²) in [6, 6.07) is 6.19. The molecule has 1 amide bonds. The van der Waals surface area contributed by atoms with E-state index in [0.29, 0.717) is 12.3 Å². The number of amides is 1. The minimum Gasteiger partial charge on any atom is -0.324 e. The number of hydrogen-bond acceptors (Lipinski definition) is 6. The SMILES string of the molecule is CCN(CC)Cc1nc(SCCC(=O)Nc2ccccc2F)c2c(C)c(C)sc2n1. The zero-order valence-electron chi connectivity index (χ0n) is 17.8. The van der Waals surface area contributed by atoms with E-state index in [-0.39, 0.29) is 18.0 Å². The lowest BCUT2D eigenvalue weighted by molar-refractivity contribution is -0.115. The van der Waals surface area contributed by atoms with Gasteiger partial charge in [-0.25, -0.2) is 14.4 Å². The maximum absolute atomic E-state index is 13.7. The number of halogens is 1. The number of hydrogen-bond donors (Lipinski definition) is 1. The Hall–Kier alpha value is -2.03. The van der Waals surface area contributed by atoms with Crippen LogP contribution in [0.15, 0.2) is 29.3 Å². The monoisotopic (exact) mass is 446 g/mol. The van der Waals surface area contributed by atoms with Crippen LogP contribution in [0.1, 0.15) is 36.5 Å². The number of thiophene rings is 1. The molecule has 3 rings (SSSR count). The van der Waals surface area contributed by atoms with E-state index < -0.39 is 5.82 Å². The average Bonchev–Trinajstić information content (AvgIpc) is 3.01. The first-order valence-electron chi connectivity index (χ1n) is 10.1. The molecule has 8 heteroatoms. The minimum absolute atomic E-state index is 0.209. The van der Waals surface area contributed by atoms with Gasteiger partial charge in [-0.2, -0.15) is 0 Å². The van der Waals surface area contributed by atoms with Gasteiger partial charge in [0, 0.05) is 22.4 Å². The highest BCUT2D eigenvalue weighted by Crippen LogP contribution is 2.35. The molecule has 0 atom stereocenters. The second-order valence-corrected chi connectivity index (χ2v) is 9.28. The summed E-state index contributed by atoms with van der Waals surface area (Å²) >= 11 is 3.25. The molecule has 0 saturated carbocycles. The smallest absolute Gasteiger partial charge is 0.225 e. The van der Waals surface area contributed by atoms with Crippen molar-refractivity contribution in [2.24, 2.45) is 0 Å². The summed E-state index contributed by atoms with van der Waals surface area (Å²) in [5, 5.41) is 4.64. The summed E-state index contributed by atoms with van der Waals surface area (Å²) < 4.78 is 13.7. The predicted octanol–water partition coefficient (Wildman–Crippen LogP) is 5.41. The molecule has 1 aromatic carbocycles. The van der Waals surface area contributed by atoms with Crippen LogP contribution in [0.5, 0.6) is 0 Å². The first-order chi connectivity index (χ1) is 14.4. The van der Waals surface area contributed by atoms with Crippen LogP contribution in [0, 0.1) is 19.7 Å². The summed E-state index contributed by atoms with van der Waals surface area (Å²) in [5.41, 5.74) is 1.41. The fraction of sp³-hybridized carbons (Fsp3) is 0.409. The lowest BCUT2D eigenvalue weighted by Crippen LogP contribution is -2.23. The Morgan fingerprint density at radius 3 is 2.63 bits per heavy atom. The Morgan fingerprint density at radius 2 is 1.93 bits per heavy atom. The molecule has 0 aliphatic carbocycles. The van der Waals surface area contributed by atoms with Crippen LogP contribution in [0.2, 0.25) is 0 Å². The maximum atomic E-state index is 13.7. The largest absolute Gasteiger partial charge is 0.324 e. The van der Waals surface area contributed by atoms with E-state index in [2.05, 4.69) is 37.9 Å². The molecule has 0 bridgehead atoms. The van der Waals surface area contributed by atoms with Crippen molar-refractivity contribution in [1.29, 1.82) is 0 Å². The third kappa shape index (κ3) is 5.36. The van der Waals surface area contributed by atoms with Crippen LogP contribution < -0.4 is 5.32 Å². The van der Waals surface area contributed by atoms with Crippen LogP contribution in [0.3, 0.4) is 0 Å². The van der Waals surface area contributed by atoms with E-state index in [1.807, 2.05) is 0 Å². The molecule has 0 saturated heterocycles. The van der Waals surface area contributed by atoms with Gasteiger partial charge in [-0.3, -0.25) is 9.69 Å². The van der Waals surface area contributed by atoms with Crippen molar-refractivity contribution in [2.45, 2.75) is 45.7 Å². The first kappa shape index (κ1) is 22.7. The van der Waals surface area contributed by atoms with Crippen LogP contribution >= 0.6 is 23.1 Å². The third-order valence-corrected chi connectivity index (χ3v) is 7.10. The molecule has 0 aliphatic rings. The van der Waals surface area contributed by atoms with Crippen molar-refractivity contribution in [1.82, 2.24) is 14.9 Å². The molecule has 5 nitrogen and oxygen atoms in total. The van der Waals surface area contributed by atoms with Crippen LogP contribution in [-0.4, -0.2) is 39.6 Å². The average molecular weight is 447 g/mol. The van der Waals surface area contributed by atoms with Gasteiger partial charge in [-0.05, 0) is 44.6 Å². The highest BCUT2D eigenvalue weighted by Gasteiger charge is 2.16. The molecule has 2 heterocycles. The van der Waals surface area contributed by atoms with Gasteiger partial charge < -0.3 is 5.32 Å². The van der Waals surface area contributed by atoms with Gasteiger partial charge in [0.2, 0.25) is 5.91 Å². The van der Waals surface area contributed by atoms with Gasteiger partial charge in [0.1, 0.15) is 21.5 Å². The Morgan fingerprint density at radius 1 is 1.20 bits per heavy atom. The van der Waals surface area contributed by atoms with Gasteiger partial charge in [0.05, 0.1) is 12.2 Å². The van der Waals surface area contributed by atoms with E-state index in [9.17, 15) is 9.18 Å². The molecule has 2 aromatic heterocycles. The molecule has 3 aromatic rings. The Kier molecular flexibility index (Phi) is 7.80. The molecule has 30 heavy (non-hydrogen) atoms. The molecule has 160 valence electrons. The standard InChI is InChI=1S/C22H27FN4OS2/c1-5-27(6-2)13-18-25-21(20-14(3)15(4)30-22(20)26-18)29-12-11-19(28)24-17-10-8-7-9-16(17)23/h7-10H,5-6,11-13H2,1-4H3,(H,24,28). The summed E-state index contributed by atoms with van der Waals surface area (Å²) in [6.45, 7) is 11.0. The Labute approximate surface area is 185 Å². The predicted molar refractivity (Wildman–Crippen MR) is 124 cm³/mol. The topological polar surface area (TPSA) is 58.1 Å². The molecule has 0 fully saturated rings. The fourth-order valence-corrected chi connectivity index (χ4v) is 5.25. The summed E-state index contributed by atoms with van der Waals surface area (Å²) in [5.74, 6) is 0.734. The van der Waals surface area contributed by atoms with Crippen LogP contribution in [-0.2, 0) is 11.3 Å². The first-order valence-corrected chi connectivity index (χ1v) is 11.9. The van der Waals surface area contributed by atoms with E-state index in [4.69, 9.17) is 9.97 Å². The van der Waals surface area contributed by atoms with Crippen molar-refractivity contribution in [3.63, 3.8) is 0 Å². The number of nitrogens with one attached hydrogen (secondary N) is 1. The lowest BCUT2D eigenvalue weighted by Gasteiger charge is -2.17. The van der Waals surface area contributed by atoms with Gasteiger partial charge in [-0.15, -0.1) is 23.1 Å². The number of aryl methyl sites for hydroxylation is 2. The number of carbonyl (C=O) groups is 1. The minimum atomic E-state index is -0.429. The molecular formula is C22H27FN4OS2. The van der Waals surface area contributed by atoms with Crippen molar-refractivity contribution in [3.05, 3.63) is 46.3 Å². The second kappa shape index (κ2) is 10.3. The summed E-state index contributed by atoms with van der Waals surface area (Å²) in [4.78, 5) is 26.4. The molecule has 0 aliphatic heterocycles. The number of benzene rings is 1. The van der Waals surface area contributed by atoms with Gasteiger partial charge in [0.25, 0.3) is 0 Å². The van der Waals surface area contributed by atoms with Gasteiger partial charge >= 0.3 is 0 Å². The Bertz CT molecular complexity index is 1030. The van der Waals surface area contributed by atoms with Crippen molar-refractivity contribution < 1.29 is 9.18 Å². The van der Waals surface area contributed by atoms with E-state index in [1.54, 1.807) is 41.3 Å². The maximum Gasteiger partial charge on any atom is 0.225 e. The zero-order chi connectivity index (χ0) is 21.7. The van der Waals surface area contributed by atoms with E-state index >= 15 is 0 Å². The summed E-state index contributed by atoms with van der Waals surface area (Å²) in [7, 11) is 0. The van der Waals surface area contributed by atoms with Crippen molar-refractivity contribution in [2.75, 3.05) is 24.2 Å². The molecular weight excluding hydrogens is 419 g/mol. The highest BCUT2D eigenvalue weighted by molar-refractivity contribution is 7.99. The quantitative estimate of drug-likeness (QED) is 0.352. The number of nitrogens with zero attached hydrogens (tertiary/aromatic N) is 3. The number of rotatable bonds is 9. The van der Waals surface area contributed by atoms with Crippen molar-refractivity contribution >= 4 is 44.9 Å². The summed E-state index contributed by atoms with van der Waals surface area (Å²) in [6.07, 6.45) is 0.276. The number of aromatic nitrogens is 2. The number of carbonyl (C=O) groups excluding carboxylic acids is 1. The number of thioether (sulfide) groups is 1.